The molecule has 0 unspecified atom stereocenters. The van der Waals surface area contributed by atoms with Crippen LogP contribution in [0.25, 0.3) is 16.7 Å². The standard InChI is InChI=1S/C29H24Cl2N6O5/c1-42-19-6-4-18(5-7-19)37-25(26(38)32-14-16-2-9-22-23(12-16)34-28(40)33-22)24-15-35(10-11-36(24)29(37)41)27(39)17-3-8-20(30)21(31)13-17/h2-9,12-13H,10-11,14-15H2,1H3,(H,32,38)(H2,33,34,40). The molecular formula is C29H24Cl2N6O5. The minimum absolute atomic E-state index is 0.0246. The summed E-state index contributed by atoms with van der Waals surface area (Å²) >= 11 is 12.2. The summed E-state index contributed by atoms with van der Waals surface area (Å²) in [6.07, 6.45) is 0. The van der Waals surface area contributed by atoms with E-state index < -0.39 is 11.6 Å². The van der Waals surface area contributed by atoms with Crippen molar-refractivity contribution >= 4 is 46.0 Å². The molecule has 3 N–H and O–H groups in total. The fraction of sp³-hybridized carbons (Fsp3) is 0.172. The van der Waals surface area contributed by atoms with Crippen LogP contribution in [-0.2, 0) is 19.6 Å². The summed E-state index contributed by atoms with van der Waals surface area (Å²) < 4.78 is 8.13. The molecule has 42 heavy (non-hydrogen) atoms. The number of rotatable bonds is 6. The molecule has 13 heteroatoms. The van der Waals surface area contributed by atoms with Gasteiger partial charge in [-0.05, 0) is 60.2 Å². The fourth-order valence-corrected chi connectivity index (χ4v) is 5.40. The molecule has 5 aromatic rings. The van der Waals surface area contributed by atoms with Gasteiger partial charge >= 0.3 is 11.4 Å². The number of aromatic amines is 2. The second-order valence-corrected chi connectivity index (χ2v) is 10.6. The van der Waals surface area contributed by atoms with Gasteiger partial charge < -0.3 is 24.9 Å². The van der Waals surface area contributed by atoms with Gasteiger partial charge in [-0.25, -0.2) is 9.59 Å². The lowest BCUT2D eigenvalue weighted by Crippen LogP contribution is -2.41. The summed E-state index contributed by atoms with van der Waals surface area (Å²) in [5.74, 6) is -0.203. The molecule has 0 atom stereocenters. The predicted molar refractivity (Wildman–Crippen MR) is 158 cm³/mol. The topological polar surface area (TPSA) is 134 Å². The molecule has 0 radical (unpaired) electrons. The van der Waals surface area contributed by atoms with E-state index in [-0.39, 0.29) is 48.5 Å². The number of carbonyl (C=O) groups is 2. The summed E-state index contributed by atoms with van der Waals surface area (Å²) in [4.78, 5) is 59.5. The lowest BCUT2D eigenvalue weighted by atomic mass is 10.1. The number of ether oxygens (including phenoxy) is 1. The first kappa shape index (κ1) is 27.4. The zero-order valence-electron chi connectivity index (χ0n) is 22.2. The first-order chi connectivity index (χ1) is 20.2. The maximum atomic E-state index is 13.8. The minimum atomic E-state index is -0.497. The lowest BCUT2D eigenvalue weighted by Gasteiger charge is -2.28. The van der Waals surface area contributed by atoms with Crippen LogP contribution in [0.3, 0.4) is 0 Å². The van der Waals surface area contributed by atoms with Crippen LogP contribution in [0.15, 0.2) is 70.3 Å². The summed E-state index contributed by atoms with van der Waals surface area (Å²) in [6, 6.07) is 16.7. The summed E-state index contributed by atoms with van der Waals surface area (Å²) in [7, 11) is 1.54. The number of carbonyl (C=O) groups excluding carboxylic acids is 2. The van der Waals surface area contributed by atoms with E-state index in [2.05, 4.69) is 15.3 Å². The molecule has 2 amide bonds. The van der Waals surface area contributed by atoms with Crippen molar-refractivity contribution in [3.63, 3.8) is 0 Å². The van der Waals surface area contributed by atoms with Crippen molar-refractivity contribution in [3.8, 4) is 11.4 Å². The number of amides is 2. The van der Waals surface area contributed by atoms with Gasteiger partial charge in [-0.1, -0.05) is 29.3 Å². The molecular weight excluding hydrogens is 583 g/mol. The number of fused-ring (bicyclic) bond motifs is 2. The first-order valence-corrected chi connectivity index (χ1v) is 13.7. The minimum Gasteiger partial charge on any atom is -0.497 e. The highest BCUT2D eigenvalue weighted by molar-refractivity contribution is 6.42. The molecule has 0 fully saturated rings. The third kappa shape index (κ3) is 4.97. The van der Waals surface area contributed by atoms with Gasteiger partial charge in [0.25, 0.3) is 11.8 Å². The van der Waals surface area contributed by atoms with E-state index in [0.717, 1.165) is 5.56 Å². The number of hydrogen-bond donors (Lipinski definition) is 3. The van der Waals surface area contributed by atoms with E-state index in [4.69, 9.17) is 27.9 Å². The van der Waals surface area contributed by atoms with Crippen LogP contribution >= 0.6 is 23.2 Å². The second-order valence-electron chi connectivity index (χ2n) is 9.76. The molecule has 1 aliphatic rings. The summed E-state index contributed by atoms with van der Waals surface area (Å²) in [5.41, 5.74) is 2.63. The zero-order chi connectivity index (χ0) is 29.5. The number of imidazole rings is 2. The van der Waals surface area contributed by atoms with Crippen molar-refractivity contribution in [2.75, 3.05) is 13.7 Å². The second kappa shape index (κ2) is 10.9. The molecule has 0 aliphatic carbocycles. The van der Waals surface area contributed by atoms with Crippen LogP contribution < -0.4 is 21.4 Å². The highest BCUT2D eigenvalue weighted by atomic mass is 35.5. The number of H-pyrrole nitrogens is 2. The van der Waals surface area contributed by atoms with Gasteiger partial charge in [-0.2, -0.15) is 0 Å². The van der Waals surface area contributed by atoms with Gasteiger partial charge in [0.05, 0.1) is 46.1 Å². The molecule has 3 heterocycles. The Kier molecular flexibility index (Phi) is 7.13. The molecule has 11 nitrogen and oxygen atoms in total. The Balaban J connectivity index is 1.36. The van der Waals surface area contributed by atoms with Gasteiger partial charge in [0, 0.05) is 25.2 Å². The molecule has 0 bridgehead atoms. The molecule has 6 rings (SSSR count). The average molecular weight is 607 g/mol. The zero-order valence-corrected chi connectivity index (χ0v) is 23.8. The molecule has 3 aromatic carbocycles. The normalized spacial score (nSPS) is 12.8. The SMILES string of the molecule is COc1ccc(-n2c(C(=O)NCc3ccc4[nH]c(=O)[nH]c4c3)c3n(c2=O)CCN(C(=O)c2ccc(Cl)c(Cl)c2)C3)cc1. The predicted octanol–water partition coefficient (Wildman–Crippen LogP) is 3.71. The Morgan fingerprint density at radius 1 is 0.929 bits per heavy atom. The van der Waals surface area contributed by atoms with Gasteiger partial charge in [0.2, 0.25) is 0 Å². The Hall–Kier alpha value is -4.74. The van der Waals surface area contributed by atoms with E-state index in [1.165, 1.54) is 22.3 Å². The number of nitrogens with zero attached hydrogens (tertiary/aromatic N) is 3. The molecule has 0 spiro atoms. The number of halogens is 2. The fourth-order valence-electron chi connectivity index (χ4n) is 5.10. The third-order valence-corrected chi connectivity index (χ3v) is 7.95. The van der Waals surface area contributed by atoms with E-state index in [1.54, 1.807) is 59.5 Å². The molecule has 0 saturated heterocycles. The molecule has 0 saturated carbocycles. The summed E-state index contributed by atoms with van der Waals surface area (Å²) in [6.45, 7) is 0.614. The maximum Gasteiger partial charge on any atom is 0.333 e. The average Bonchev–Trinajstić information content (AvgIpc) is 3.52. The van der Waals surface area contributed by atoms with Crippen LogP contribution in [0, 0.1) is 0 Å². The Bertz CT molecular complexity index is 1970. The van der Waals surface area contributed by atoms with Crippen molar-refractivity contribution in [1.29, 1.82) is 0 Å². The maximum absolute atomic E-state index is 13.8. The van der Waals surface area contributed by atoms with Crippen molar-refractivity contribution in [2.24, 2.45) is 0 Å². The number of hydrogen-bond acceptors (Lipinski definition) is 5. The van der Waals surface area contributed by atoms with Gasteiger partial charge in [0.15, 0.2) is 0 Å². The van der Waals surface area contributed by atoms with E-state index in [0.29, 0.717) is 38.8 Å². The van der Waals surface area contributed by atoms with Crippen LogP contribution in [0.1, 0.15) is 32.1 Å². The van der Waals surface area contributed by atoms with Crippen LogP contribution in [-0.4, -0.2) is 49.5 Å². The van der Waals surface area contributed by atoms with E-state index in [9.17, 15) is 19.2 Å². The number of aromatic nitrogens is 4. The van der Waals surface area contributed by atoms with Crippen molar-refractivity contribution in [2.45, 2.75) is 19.6 Å². The Morgan fingerprint density at radius 2 is 1.69 bits per heavy atom. The lowest BCUT2D eigenvalue weighted by molar-refractivity contribution is 0.0706. The quantitative estimate of drug-likeness (QED) is 0.271. The van der Waals surface area contributed by atoms with Crippen molar-refractivity contribution < 1.29 is 14.3 Å². The summed E-state index contributed by atoms with van der Waals surface area (Å²) in [5, 5.41) is 3.48. The monoisotopic (exact) mass is 606 g/mol. The first-order valence-electron chi connectivity index (χ1n) is 13.0. The van der Waals surface area contributed by atoms with E-state index in [1.807, 2.05) is 0 Å². The molecule has 1 aliphatic heterocycles. The van der Waals surface area contributed by atoms with Gasteiger partial charge in [-0.3, -0.25) is 18.7 Å². The van der Waals surface area contributed by atoms with Gasteiger partial charge in [0.1, 0.15) is 11.4 Å². The Labute approximate surface area is 248 Å². The number of methoxy groups -OCH3 is 1. The molecule has 2 aromatic heterocycles. The van der Waals surface area contributed by atoms with Gasteiger partial charge in [-0.15, -0.1) is 0 Å². The number of benzene rings is 3. The molecule has 214 valence electrons. The van der Waals surface area contributed by atoms with E-state index >= 15 is 0 Å². The third-order valence-electron chi connectivity index (χ3n) is 7.21. The van der Waals surface area contributed by atoms with Crippen LogP contribution in [0.5, 0.6) is 5.75 Å². The highest BCUT2D eigenvalue weighted by Crippen LogP contribution is 2.26. The largest absolute Gasteiger partial charge is 0.497 e. The highest BCUT2D eigenvalue weighted by Gasteiger charge is 2.32. The van der Waals surface area contributed by atoms with Crippen molar-refractivity contribution in [1.82, 2.24) is 29.3 Å². The van der Waals surface area contributed by atoms with Crippen molar-refractivity contribution in [3.05, 3.63) is 114 Å². The Morgan fingerprint density at radius 3 is 2.43 bits per heavy atom. The van der Waals surface area contributed by atoms with Crippen LogP contribution in [0.4, 0.5) is 0 Å². The smallest absolute Gasteiger partial charge is 0.333 e. The number of nitrogens with one attached hydrogen (secondary N) is 3. The van der Waals surface area contributed by atoms with Crippen LogP contribution in [0.2, 0.25) is 10.0 Å².